The molecule has 2 heterocycles. The summed E-state index contributed by atoms with van der Waals surface area (Å²) in [6.45, 7) is 4.39. The molecule has 0 saturated carbocycles. The molecule has 1 aromatic heterocycles. The maximum atomic E-state index is 12.7. The van der Waals surface area contributed by atoms with E-state index in [1.807, 2.05) is 31.2 Å². The van der Waals surface area contributed by atoms with Gasteiger partial charge in [0, 0.05) is 18.3 Å². The van der Waals surface area contributed by atoms with E-state index in [2.05, 4.69) is 10.5 Å². The summed E-state index contributed by atoms with van der Waals surface area (Å²) in [5.74, 6) is 0.0889. The van der Waals surface area contributed by atoms with Crippen LogP contribution < -0.4 is 10.2 Å². The Labute approximate surface area is 134 Å². The number of aromatic nitrogens is 1. The van der Waals surface area contributed by atoms with Gasteiger partial charge >= 0.3 is 0 Å². The van der Waals surface area contributed by atoms with Gasteiger partial charge in [-0.3, -0.25) is 9.59 Å². The summed E-state index contributed by atoms with van der Waals surface area (Å²) in [7, 11) is 0. The number of aryl methyl sites for hydroxylation is 2. The lowest BCUT2D eigenvalue weighted by Crippen LogP contribution is -2.52. The van der Waals surface area contributed by atoms with E-state index in [1.54, 1.807) is 17.9 Å². The van der Waals surface area contributed by atoms with Crippen molar-refractivity contribution in [2.24, 2.45) is 0 Å². The SMILES string of the molecule is Cc1ccc(N2CCC[C@@H](NC(=O)c3cc(C)on3)C2=O)cc1. The summed E-state index contributed by atoms with van der Waals surface area (Å²) < 4.78 is 4.90. The molecule has 2 amide bonds. The highest BCUT2D eigenvalue weighted by Crippen LogP contribution is 2.21. The maximum absolute atomic E-state index is 12.7. The predicted molar refractivity (Wildman–Crippen MR) is 85.3 cm³/mol. The number of piperidine rings is 1. The maximum Gasteiger partial charge on any atom is 0.274 e. The quantitative estimate of drug-likeness (QED) is 0.942. The first-order chi connectivity index (χ1) is 11.0. The number of carbonyl (C=O) groups is 2. The largest absolute Gasteiger partial charge is 0.361 e. The second-order valence-electron chi connectivity index (χ2n) is 5.82. The molecule has 1 aromatic carbocycles. The van der Waals surface area contributed by atoms with Crippen LogP contribution in [0.2, 0.25) is 0 Å². The second kappa shape index (κ2) is 6.24. The van der Waals surface area contributed by atoms with E-state index >= 15 is 0 Å². The van der Waals surface area contributed by atoms with Crippen molar-refractivity contribution in [2.45, 2.75) is 32.7 Å². The van der Waals surface area contributed by atoms with Gasteiger partial charge in [-0.1, -0.05) is 22.9 Å². The zero-order valence-electron chi connectivity index (χ0n) is 13.2. The first kappa shape index (κ1) is 15.3. The second-order valence-corrected chi connectivity index (χ2v) is 5.82. The van der Waals surface area contributed by atoms with Crippen molar-refractivity contribution < 1.29 is 14.1 Å². The normalized spacial score (nSPS) is 18.1. The molecule has 6 nitrogen and oxygen atoms in total. The van der Waals surface area contributed by atoms with Gasteiger partial charge in [-0.15, -0.1) is 0 Å². The van der Waals surface area contributed by atoms with E-state index in [-0.39, 0.29) is 17.5 Å². The molecule has 1 aliphatic heterocycles. The number of nitrogens with one attached hydrogen (secondary N) is 1. The fourth-order valence-electron chi connectivity index (χ4n) is 2.70. The van der Waals surface area contributed by atoms with Crippen LogP contribution in [0.25, 0.3) is 0 Å². The lowest BCUT2D eigenvalue weighted by molar-refractivity contribution is -0.121. The number of hydrogen-bond donors (Lipinski definition) is 1. The molecular formula is C17H19N3O3. The number of nitrogens with zero attached hydrogens (tertiary/aromatic N) is 2. The van der Waals surface area contributed by atoms with Crippen LogP contribution in [0.5, 0.6) is 0 Å². The summed E-state index contributed by atoms with van der Waals surface area (Å²) in [6.07, 6.45) is 1.46. The van der Waals surface area contributed by atoms with Crippen LogP contribution in [0.15, 0.2) is 34.9 Å². The van der Waals surface area contributed by atoms with Gasteiger partial charge in [-0.25, -0.2) is 0 Å². The Morgan fingerprint density at radius 2 is 2.04 bits per heavy atom. The first-order valence-corrected chi connectivity index (χ1v) is 7.67. The third-order valence-electron chi connectivity index (χ3n) is 3.95. The monoisotopic (exact) mass is 313 g/mol. The molecule has 23 heavy (non-hydrogen) atoms. The molecule has 0 bridgehead atoms. The van der Waals surface area contributed by atoms with Crippen molar-refractivity contribution in [1.29, 1.82) is 0 Å². The van der Waals surface area contributed by atoms with E-state index in [0.717, 1.165) is 17.7 Å². The van der Waals surface area contributed by atoms with Gasteiger partial charge in [0.2, 0.25) is 5.91 Å². The predicted octanol–water partition coefficient (Wildman–Crippen LogP) is 2.22. The Bertz CT molecular complexity index is 721. The minimum atomic E-state index is -0.533. The van der Waals surface area contributed by atoms with Crippen molar-refractivity contribution >= 4 is 17.5 Å². The minimum absolute atomic E-state index is 0.0892. The Morgan fingerprint density at radius 1 is 1.30 bits per heavy atom. The van der Waals surface area contributed by atoms with Crippen molar-refractivity contribution in [1.82, 2.24) is 10.5 Å². The van der Waals surface area contributed by atoms with E-state index in [4.69, 9.17) is 4.52 Å². The molecule has 6 heteroatoms. The zero-order chi connectivity index (χ0) is 16.4. The highest BCUT2D eigenvalue weighted by atomic mass is 16.5. The summed E-state index contributed by atoms with van der Waals surface area (Å²) in [4.78, 5) is 26.5. The number of rotatable bonds is 3. The van der Waals surface area contributed by atoms with Crippen LogP contribution in [0.3, 0.4) is 0 Å². The molecule has 1 atom stereocenters. The third-order valence-corrected chi connectivity index (χ3v) is 3.95. The summed E-state index contributed by atoms with van der Waals surface area (Å²) >= 11 is 0. The van der Waals surface area contributed by atoms with Gasteiger partial charge in [0.25, 0.3) is 5.91 Å². The first-order valence-electron chi connectivity index (χ1n) is 7.67. The molecule has 120 valence electrons. The van der Waals surface area contributed by atoms with Gasteiger partial charge in [-0.05, 0) is 38.8 Å². The van der Waals surface area contributed by atoms with Crippen LogP contribution >= 0.6 is 0 Å². The number of amides is 2. The van der Waals surface area contributed by atoms with Crippen LogP contribution in [0, 0.1) is 13.8 Å². The van der Waals surface area contributed by atoms with Crippen LogP contribution in [-0.2, 0) is 4.79 Å². The Morgan fingerprint density at radius 3 is 2.70 bits per heavy atom. The van der Waals surface area contributed by atoms with Crippen molar-refractivity contribution in [3.05, 3.63) is 47.3 Å². The van der Waals surface area contributed by atoms with E-state index in [1.165, 1.54) is 0 Å². The molecule has 0 radical (unpaired) electrons. The van der Waals surface area contributed by atoms with Crippen LogP contribution in [0.1, 0.15) is 34.7 Å². The third kappa shape index (κ3) is 3.26. The molecule has 2 aromatic rings. The van der Waals surface area contributed by atoms with Gasteiger partial charge in [0.1, 0.15) is 11.8 Å². The molecule has 1 N–H and O–H groups in total. The number of carbonyl (C=O) groups excluding carboxylic acids is 2. The molecular weight excluding hydrogens is 294 g/mol. The summed E-state index contributed by atoms with van der Waals surface area (Å²) in [5, 5.41) is 6.44. The highest BCUT2D eigenvalue weighted by Gasteiger charge is 2.31. The molecule has 1 saturated heterocycles. The van der Waals surface area contributed by atoms with Crippen molar-refractivity contribution in [2.75, 3.05) is 11.4 Å². The van der Waals surface area contributed by atoms with Gasteiger partial charge in [-0.2, -0.15) is 0 Å². The fraction of sp³-hybridized carbons (Fsp3) is 0.353. The average Bonchev–Trinajstić information content (AvgIpc) is 2.97. The van der Waals surface area contributed by atoms with E-state index in [9.17, 15) is 9.59 Å². The van der Waals surface area contributed by atoms with Gasteiger partial charge in [0.15, 0.2) is 5.69 Å². The fourth-order valence-corrected chi connectivity index (χ4v) is 2.70. The standard InChI is InChI=1S/C17H19N3O3/c1-11-5-7-13(8-6-11)20-9-3-4-14(17(20)22)18-16(21)15-10-12(2)23-19-15/h5-8,10,14H,3-4,9H2,1-2H3,(H,18,21)/t14-/m1/s1. The number of benzene rings is 1. The van der Waals surface area contributed by atoms with Gasteiger partial charge < -0.3 is 14.7 Å². The topological polar surface area (TPSA) is 75.4 Å². The van der Waals surface area contributed by atoms with Crippen molar-refractivity contribution in [3.63, 3.8) is 0 Å². The smallest absolute Gasteiger partial charge is 0.274 e. The molecule has 0 aliphatic carbocycles. The minimum Gasteiger partial charge on any atom is -0.361 e. The number of anilines is 1. The molecule has 0 unspecified atom stereocenters. The van der Waals surface area contributed by atoms with Crippen LogP contribution in [-0.4, -0.2) is 29.6 Å². The Hall–Kier alpha value is -2.63. The van der Waals surface area contributed by atoms with Crippen molar-refractivity contribution in [3.8, 4) is 0 Å². The summed E-state index contributed by atoms with van der Waals surface area (Å²) in [5.41, 5.74) is 2.20. The van der Waals surface area contributed by atoms with E-state index < -0.39 is 6.04 Å². The van der Waals surface area contributed by atoms with E-state index in [0.29, 0.717) is 18.7 Å². The highest BCUT2D eigenvalue weighted by molar-refractivity contribution is 6.02. The zero-order valence-corrected chi connectivity index (χ0v) is 13.2. The van der Waals surface area contributed by atoms with Gasteiger partial charge in [0.05, 0.1) is 0 Å². The number of hydrogen-bond acceptors (Lipinski definition) is 4. The lowest BCUT2D eigenvalue weighted by atomic mass is 10.0. The average molecular weight is 313 g/mol. The lowest BCUT2D eigenvalue weighted by Gasteiger charge is -2.32. The molecule has 0 spiro atoms. The molecule has 3 rings (SSSR count). The molecule has 1 fully saturated rings. The Kier molecular flexibility index (Phi) is 4.14. The van der Waals surface area contributed by atoms with Crippen LogP contribution in [0.4, 0.5) is 5.69 Å². The Balaban J connectivity index is 1.72. The molecule has 1 aliphatic rings. The summed E-state index contributed by atoms with van der Waals surface area (Å²) in [6, 6.07) is 8.83.